The van der Waals surface area contributed by atoms with Gasteiger partial charge in [-0.2, -0.15) is 0 Å². The van der Waals surface area contributed by atoms with Crippen molar-refractivity contribution in [2.24, 2.45) is 0 Å². The SMILES string of the molecule is CSc1cccc(NC(=O)CN2C(=O)S/C(=C/c3cccc(OCc4ccc(F)cc4)c3)C2=O)c1. The molecule has 3 aromatic rings. The maximum absolute atomic E-state index is 13.1. The Kier molecular flexibility index (Phi) is 7.89. The van der Waals surface area contributed by atoms with Crippen LogP contribution in [0.15, 0.2) is 82.6 Å². The van der Waals surface area contributed by atoms with Gasteiger partial charge in [0, 0.05) is 10.6 Å². The molecule has 1 saturated heterocycles. The van der Waals surface area contributed by atoms with Crippen LogP contribution in [0.4, 0.5) is 14.9 Å². The summed E-state index contributed by atoms with van der Waals surface area (Å²) in [7, 11) is 0. The fraction of sp³-hybridized carbons (Fsp3) is 0.115. The van der Waals surface area contributed by atoms with Gasteiger partial charge in [-0.25, -0.2) is 4.39 Å². The fourth-order valence-corrected chi connectivity index (χ4v) is 4.57. The molecule has 0 spiro atoms. The van der Waals surface area contributed by atoms with Crippen molar-refractivity contribution in [1.29, 1.82) is 0 Å². The highest BCUT2D eigenvalue weighted by Crippen LogP contribution is 2.32. The Morgan fingerprint density at radius 2 is 1.86 bits per heavy atom. The lowest BCUT2D eigenvalue weighted by atomic mass is 10.2. The van der Waals surface area contributed by atoms with E-state index >= 15 is 0 Å². The van der Waals surface area contributed by atoms with E-state index < -0.39 is 17.1 Å². The zero-order valence-electron chi connectivity index (χ0n) is 18.7. The van der Waals surface area contributed by atoms with E-state index in [0.29, 0.717) is 17.0 Å². The first kappa shape index (κ1) is 24.6. The standard InChI is InChI=1S/C26H21FN2O4S2/c1-34-22-7-3-5-20(14-22)28-24(30)15-29-25(31)23(35-26(29)32)13-18-4-2-6-21(12-18)33-16-17-8-10-19(27)11-9-17/h2-14H,15-16H2,1H3,(H,28,30)/b23-13+. The molecule has 0 unspecified atom stereocenters. The molecule has 9 heteroatoms. The lowest BCUT2D eigenvalue weighted by Gasteiger charge is -2.12. The van der Waals surface area contributed by atoms with E-state index in [-0.39, 0.29) is 23.9 Å². The Hall–Kier alpha value is -3.56. The Labute approximate surface area is 210 Å². The molecule has 1 heterocycles. The number of hydrogen-bond donors (Lipinski definition) is 1. The normalized spacial score (nSPS) is 14.5. The third-order valence-corrected chi connectivity index (χ3v) is 6.64. The molecular weight excluding hydrogens is 487 g/mol. The van der Waals surface area contributed by atoms with Gasteiger partial charge in [0.25, 0.3) is 11.1 Å². The van der Waals surface area contributed by atoms with Crippen molar-refractivity contribution in [3.63, 3.8) is 0 Å². The predicted molar refractivity (Wildman–Crippen MR) is 137 cm³/mol. The second kappa shape index (κ2) is 11.2. The molecule has 0 radical (unpaired) electrons. The van der Waals surface area contributed by atoms with Crippen LogP contribution >= 0.6 is 23.5 Å². The van der Waals surface area contributed by atoms with Crippen LogP contribution in [0.2, 0.25) is 0 Å². The van der Waals surface area contributed by atoms with Gasteiger partial charge in [-0.15, -0.1) is 11.8 Å². The van der Waals surface area contributed by atoms with Crippen molar-refractivity contribution >= 4 is 52.3 Å². The number of nitrogens with one attached hydrogen (secondary N) is 1. The van der Waals surface area contributed by atoms with Crippen LogP contribution in [0.3, 0.4) is 0 Å². The van der Waals surface area contributed by atoms with Crippen LogP contribution in [0.5, 0.6) is 5.75 Å². The number of anilines is 1. The van der Waals surface area contributed by atoms with E-state index in [1.54, 1.807) is 60.3 Å². The predicted octanol–water partition coefficient (Wildman–Crippen LogP) is 5.80. The first-order valence-corrected chi connectivity index (χ1v) is 12.6. The molecule has 3 aromatic carbocycles. The molecule has 35 heavy (non-hydrogen) atoms. The van der Waals surface area contributed by atoms with Crippen LogP contribution in [-0.4, -0.2) is 34.8 Å². The van der Waals surface area contributed by atoms with Crippen molar-refractivity contribution in [3.05, 3.63) is 94.6 Å². The van der Waals surface area contributed by atoms with E-state index in [0.717, 1.165) is 27.1 Å². The molecule has 0 saturated carbocycles. The molecule has 0 aliphatic carbocycles. The van der Waals surface area contributed by atoms with Gasteiger partial charge in [0.15, 0.2) is 0 Å². The Bertz CT molecular complexity index is 1290. The number of carbonyl (C=O) groups excluding carboxylic acids is 3. The van der Waals surface area contributed by atoms with Gasteiger partial charge in [0.1, 0.15) is 24.7 Å². The van der Waals surface area contributed by atoms with E-state index in [4.69, 9.17) is 4.74 Å². The van der Waals surface area contributed by atoms with Crippen LogP contribution in [0.25, 0.3) is 6.08 Å². The number of thioether (sulfide) groups is 2. The second-order valence-corrected chi connectivity index (χ2v) is 9.41. The minimum atomic E-state index is -0.523. The number of hydrogen-bond acceptors (Lipinski definition) is 6. The molecule has 178 valence electrons. The largest absolute Gasteiger partial charge is 0.489 e. The third-order valence-electron chi connectivity index (χ3n) is 5.00. The monoisotopic (exact) mass is 508 g/mol. The number of halogens is 1. The quantitative estimate of drug-likeness (QED) is 0.306. The number of imide groups is 1. The Balaban J connectivity index is 1.39. The van der Waals surface area contributed by atoms with Crippen LogP contribution in [-0.2, 0) is 16.2 Å². The summed E-state index contributed by atoms with van der Waals surface area (Å²) in [6.45, 7) is -0.110. The highest BCUT2D eigenvalue weighted by molar-refractivity contribution is 8.18. The smallest absolute Gasteiger partial charge is 0.294 e. The number of rotatable bonds is 8. The lowest BCUT2D eigenvalue weighted by molar-refractivity contribution is -0.127. The molecule has 1 N–H and O–H groups in total. The average Bonchev–Trinajstić information content (AvgIpc) is 3.11. The molecule has 6 nitrogen and oxygen atoms in total. The van der Waals surface area contributed by atoms with Crippen molar-refractivity contribution < 1.29 is 23.5 Å². The van der Waals surface area contributed by atoms with Crippen LogP contribution in [0.1, 0.15) is 11.1 Å². The maximum Gasteiger partial charge on any atom is 0.294 e. The van der Waals surface area contributed by atoms with Gasteiger partial charge < -0.3 is 10.1 Å². The van der Waals surface area contributed by atoms with Crippen LogP contribution < -0.4 is 10.1 Å². The molecule has 1 fully saturated rings. The average molecular weight is 509 g/mol. The zero-order chi connectivity index (χ0) is 24.8. The Morgan fingerprint density at radius 3 is 2.63 bits per heavy atom. The highest BCUT2D eigenvalue weighted by atomic mass is 32.2. The van der Waals surface area contributed by atoms with Crippen molar-refractivity contribution in [2.45, 2.75) is 11.5 Å². The lowest BCUT2D eigenvalue weighted by Crippen LogP contribution is -2.36. The molecular formula is C26H21FN2O4S2. The molecule has 0 aromatic heterocycles. The fourth-order valence-electron chi connectivity index (χ4n) is 3.27. The summed E-state index contributed by atoms with van der Waals surface area (Å²) in [6.07, 6.45) is 3.52. The van der Waals surface area contributed by atoms with Gasteiger partial charge in [-0.3, -0.25) is 19.3 Å². The van der Waals surface area contributed by atoms with Crippen LogP contribution in [0, 0.1) is 5.82 Å². The number of benzene rings is 3. The first-order chi connectivity index (χ1) is 16.9. The van der Waals surface area contributed by atoms with Gasteiger partial charge in [-0.1, -0.05) is 30.3 Å². The van der Waals surface area contributed by atoms with Gasteiger partial charge >= 0.3 is 0 Å². The summed E-state index contributed by atoms with van der Waals surface area (Å²) in [4.78, 5) is 39.8. The van der Waals surface area contributed by atoms with Gasteiger partial charge in [0.05, 0.1) is 4.91 Å². The Morgan fingerprint density at radius 1 is 1.09 bits per heavy atom. The number of amides is 3. The van der Waals surface area contributed by atoms with Gasteiger partial charge in [-0.05, 0) is 77.7 Å². The van der Waals surface area contributed by atoms with E-state index in [9.17, 15) is 18.8 Å². The molecule has 4 rings (SSSR count). The number of carbonyl (C=O) groups is 3. The summed E-state index contributed by atoms with van der Waals surface area (Å²) in [5, 5.41) is 2.22. The summed E-state index contributed by atoms with van der Waals surface area (Å²) in [5.74, 6) is -0.727. The van der Waals surface area contributed by atoms with E-state index in [1.165, 1.54) is 12.1 Å². The third kappa shape index (κ3) is 6.52. The minimum absolute atomic E-state index is 0.225. The summed E-state index contributed by atoms with van der Waals surface area (Å²) >= 11 is 2.33. The first-order valence-electron chi connectivity index (χ1n) is 10.6. The van der Waals surface area contributed by atoms with E-state index in [2.05, 4.69) is 5.32 Å². The zero-order valence-corrected chi connectivity index (χ0v) is 20.3. The van der Waals surface area contributed by atoms with Crippen molar-refractivity contribution in [2.75, 3.05) is 18.1 Å². The highest BCUT2D eigenvalue weighted by Gasteiger charge is 2.36. The summed E-state index contributed by atoms with van der Waals surface area (Å²) < 4.78 is 18.8. The molecule has 1 aliphatic heterocycles. The van der Waals surface area contributed by atoms with Crippen molar-refractivity contribution in [1.82, 2.24) is 4.90 Å². The van der Waals surface area contributed by atoms with E-state index in [1.807, 2.05) is 24.5 Å². The van der Waals surface area contributed by atoms with Gasteiger partial charge in [0.2, 0.25) is 5.91 Å². The summed E-state index contributed by atoms with van der Waals surface area (Å²) in [5.41, 5.74) is 2.09. The molecule has 0 atom stereocenters. The number of ether oxygens (including phenoxy) is 1. The number of nitrogens with zero attached hydrogens (tertiary/aromatic N) is 1. The molecule has 1 aliphatic rings. The summed E-state index contributed by atoms with van der Waals surface area (Å²) in [6, 6.07) is 20.4. The second-order valence-electron chi connectivity index (χ2n) is 7.54. The minimum Gasteiger partial charge on any atom is -0.489 e. The topological polar surface area (TPSA) is 75.7 Å². The molecule has 0 bridgehead atoms. The van der Waals surface area contributed by atoms with Crippen molar-refractivity contribution in [3.8, 4) is 5.75 Å². The maximum atomic E-state index is 13.1. The molecule has 3 amide bonds.